The Bertz CT molecular complexity index is 798. The molecule has 0 unspecified atom stereocenters. The van der Waals surface area contributed by atoms with Crippen LogP contribution < -0.4 is 19.5 Å². The second-order valence-corrected chi connectivity index (χ2v) is 5.48. The topological polar surface area (TPSA) is 91.3 Å². The van der Waals surface area contributed by atoms with Crippen molar-refractivity contribution in [2.45, 2.75) is 12.5 Å². The highest BCUT2D eigenvalue weighted by atomic mass is 16.6. The molecule has 1 N–H and O–H groups in total. The van der Waals surface area contributed by atoms with Crippen LogP contribution in [0.5, 0.6) is 17.2 Å². The summed E-state index contributed by atoms with van der Waals surface area (Å²) in [6.07, 6.45) is 2.80. The summed E-state index contributed by atoms with van der Waals surface area (Å²) in [7, 11) is 4.62. The van der Waals surface area contributed by atoms with E-state index in [1.54, 1.807) is 36.7 Å². The number of rotatable bonds is 6. The number of nitrogens with zero attached hydrogens (tertiary/aromatic N) is 2. The number of nitrogens with one attached hydrogen (secondary N) is 1. The molecule has 2 aromatic rings. The molecule has 1 aromatic heterocycles. The first-order chi connectivity index (χ1) is 12.7. The zero-order valence-corrected chi connectivity index (χ0v) is 14.7. The normalized spacial score (nSPS) is 15.7. The number of ether oxygens (including phenoxy) is 3. The van der Waals surface area contributed by atoms with Crippen LogP contribution in [0, 0.1) is 0 Å². The second kappa shape index (κ2) is 7.73. The molecular weight excluding hydrogens is 338 g/mol. The van der Waals surface area contributed by atoms with Gasteiger partial charge in [0.15, 0.2) is 11.5 Å². The van der Waals surface area contributed by atoms with Crippen molar-refractivity contribution in [1.82, 2.24) is 4.98 Å². The van der Waals surface area contributed by atoms with E-state index in [1.165, 1.54) is 21.3 Å². The molecule has 0 fully saturated rings. The van der Waals surface area contributed by atoms with Crippen molar-refractivity contribution >= 4 is 17.3 Å². The Kier molecular flexibility index (Phi) is 5.21. The minimum atomic E-state index is -0.718. The van der Waals surface area contributed by atoms with E-state index in [-0.39, 0.29) is 5.91 Å². The number of carbonyl (C=O) groups is 1. The Labute approximate surface area is 150 Å². The molecule has 1 aromatic carbocycles. The van der Waals surface area contributed by atoms with Gasteiger partial charge in [0.1, 0.15) is 0 Å². The first-order valence-corrected chi connectivity index (χ1v) is 7.90. The number of pyridine rings is 1. The van der Waals surface area contributed by atoms with Crippen molar-refractivity contribution in [3.63, 3.8) is 0 Å². The molecular formula is C18H19N3O5. The molecule has 8 nitrogen and oxygen atoms in total. The summed E-state index contributed by atoms with van der Waals surface area (Å²) >= 11 is 0. The number of hydrogen-bond donors (Lipinski definition) is 1. The summed E-state index contributed by atoms with van der Waals surface area (Å²) in [5, 5.41) is 6.79. The van der Waals surface area contributed by atoms with E-state index in [0.29, 0.717) is 35.1 Å². The van der Waals surface area contributed by atoms with Crippen LogP contribution in [0.25, 0.3) is 0 Å². The van der Waals surface area contributed by atoms with Gasteiger partial charge in [0.25, 0.3) is 5.91 Å². The van der Waals surface area contributed by atoms with Crippen molar-refractivity contribution in [1.29, 1.82) is 0 Å². The zero-order chi connectivity index (χ0) is 18.5. The van der Waals surface area contributed by atoms with E-state index in [4.69, 9.17) is 19.0 Å². The number of anilines is 1. The van der Waals surface area contributed by atoms with Crippen LogP contribution in [-0.2, 0) is 9.63 Å². The van der Waals surface area contributed by atoms with Crippen molar-refractivity contribution < 1.29 is 23.8 Å². The first-order valence-electron chi connectivity index (χ1n) is 7.90. The Balaban J connectivity index is 1.75. The molecule has 1 aliphatic heterocycles. The average Bonchev–Trinajstić information content (AvgIpc) is 3.18. The molecule has 3 rings (SSSR count). The van der Waals surface area contributed by atoms with Gasteiger partial charge in [-0.05, 0) is 24.3 Å². The van der Waals surface area contributed by atoms with Crippen LogP contribution in [0.1, 0.15) is 12.0 Å². The van der Waals surface area contributed by atoms with Gasteiger partial charge < -0.3 is 24.4 Å². The van der Waals surface area contributed by atoms with Crippen molar-refractivity contribution in [3.05, 3.63) is 42.2 Å². The molecule has 2 heterocycles. The van der Waals surface area contributed by atoms with Gasteiger partial charge in [-0.15, -0.1) is 0 Å². The zero-order valence-electron chi connectivity index (χ0n) is 14.7. The molecule has 1 atom stereocenters. The summed E-state index contributed by atoms with van der Waals surface area (Å²) < 4.78 is 16.0. The third kappa shape index (κ3) is 3.53. The molecule has 1 aliphatic rings. The molecule has 136 valence electrons. The molecule has 26 heavy (non-hydrogen) atoms. The first kappa shape index (κ1) is 17.5. The van der Waals surface area contributed by atoms with E-state index < -0.39 is 6.10 Å². The fourth-order valence-corrected chi connectivity index (χ4v) is 2.60. The van der Waals surface area contributed by atoms with Gasteiger partial charge in [-0.2, -0.15) is 0 Å². The smallest absolute Gasteiger partial charge is 0.268 e. The molecule has 1 amide bonds. The fourth-order valence-electron chi connectivity index (χ4n) is 2.60. The number of carbonyl (C=O) groups excluding carboxylic acids is 1. The highest BCUT2D eigenvalue weighted by Gasteiger charge is 2.30. The quantitative estimate of drug-likeness (QED) is 0.852. The van der Waals surface area contributed by atoms with Gasteiger partial charge in [-0.3, -0.25) is 9.78 Å². The van der Waals surface area contributed by atoms with E-state index >= 15 is 0 Å². The third-order valence-corrected chi connectivity index (χ3v) is 3.89. The minimum absolute atomic E-state index is 0.288. The largest absolute Gasteiger partial charge is 0.493 e. The molecule has 0 radical (unpaired) electrons. The van der Waals surface area contributed by atoms with E-state index in [0.717, 1.165) is 5.56 Å². The van der Waals surface area contributed by atoms with Crippen LogP contribution in [0.3, 0.4) is 0 Å². The van der Waals surface area contributed by atoms with Gasteiger partial charge in [-0.25, -0.2) is 0 Å². The van der Waals surface area contributed by atoms with Crippen LogP contribution in [0.2, 0.25) is 0 Å². The van der Waals surface area contributed by atoms with Crippen molar-refractivity contribution in [2.24, 2.45) is 5.16 Å². The van der Waals surface area contributed by atoms with Gasteiger partial charge in [0, 0.05) is 18.2 Å². The lowest BCUT2D eigenvalue weighted by Crippen LogP contribution is -2.28. The Hall–Kier alpha value is -3.29. The van der Waals surface area contributed by atoms with Crippen LogP contribution in [-0.4, -0.2) is 44.0 Å². The third-order valence-electron chi connectivity index (χ3n) is 3.89. The molecule has 0 bridgehead atoms. The standard InChI is InChI=1S/C18H19N3O5/c1-23-14-7-11(8-15(24-2)17(14)25-3)13-9-16(26-21-13)18(22)20-12-5-4-6-19-10-12/h4-8,10,16H,9H2,1-3H3,(H,20,22)/t16-/m1/s1. The predicted molar refractivity (Wildman–Crippen MR) is 95.0 cm³/mol. The maximum Gasteiger partial charge on any atom is 0.268 e. The fraction of sp³-hybridized carbons (Fsp3) is 0.278. The monoisotopic (exact) mass is 357 g/mol. The van der Waals surface area contributed by atoms with Crippen LogP contribution in [0.15, 0.2) is 41.8 Å². The SMILES string of the molecule is COc1cc(C2=NO[C@@H](C(=O)Nc3cccnc3)C2)cc(OC)c1OC. The molecule has 0 aliphatic carbocycles. The number of oxime groups is 1. The average molecular weight is 357 g/mol. The van der Waals surface area contributed by atoms with Gasteiger partial charge in [0.05, 0.1) is 38.9 Å². The lowest BCUT2D eigenvalue weighted by atomic mass is 10.0. The molecule has 0 spiro atoms. The summed E-state index contributed by atoms with van der Waals surface area (Å²) in [5.41, 5.74) is 1.95. The lowest BCUT2D eigenvalue weighted by molar-refractivity contribution is -0.125. The van der Waals surface area contributed by atoms with Gasteiger partial charge >= 0.3 is 0 Å². The summed E-state index contributed by atoms with van der Waals surface area (Å²) in [4.78, 5) is 21.6. The highest BCUT2D eigenvalue weighted by Crippen LogP contribution is 2.39. The Morgan fingerprint density at radius 3 is 2.50 bits per heavy atom. The molecule has 0 saturated heterocycles. The van der Waals surface area contributed by atoms with Crippen molar-refractivity contribution in [3.8, 4) is 17.2 Å². The van der Waals surface area contributed by atoms with Gasteiger partial charge in [0.2, 0.25) is 11.9 Å². The summed E-state index contributed by atoms with van der Waals surface area (Å²) in [6, 6.07) is 7.03. The molecule has 8 heteroatoms. The Morgan fingerprint density at radius 2 is 1.92 bits per heavy atom. The van der Waals surface area contributed by atoms with Crippen LogP contribution >= 0.6 is 0 Å². The summed E-state index contributed by atoms with van der Waals surface area (Å²) in [6.45, 7) is 0. The summed E-state index contributed by atoms with van der Waals surface area (Å²) in [5.74, 6) is 1.22. The maximum absolute atomic E-state index is 12.3. The molecule has 0 saturated carbocycles. The van der Waals surface area contributed by atoms with E-state index in [1.807, 2.05) is 0 Å². The number of hydrogen-bond acceptors (Lipinski definition) is 7. The Morgan fingerprint density at radius 1 is 1.19 bits per heavy atom. The van der Waals surface area contributed by atoms with E-state index in [2.05, 4.69) is 15.5 Å². The van der Waals surface area contributed by atoms with Crippen LogP contribution in [0.4, 0.5) is 5.69 Å². The second-order valence-electron chi connectivity index (χ2n) is 5.48. The number of methoxy groups -OCH3 is 3. The number of benzene rings is 1. The number of amides is 1. The van der Waals surface area contributed by atoms with E-state index in [9.17, 15) is 4.79 Å². The van der Waals surface area contributed by atoms with Gasteiger partial charge in [-0.1, -0.05) is 5.16 Å². The number of aromatic nitrogens is 1. The lowest BCUT2D eigenvalue weighted by Gasteiger charge is -2.13. The minimum Gasteiger partial charge on any atom is -0.493 e. The highest BCUT2D eigenvalue weighted by molar-refractivity contribution is 6.06. The predicted octanol–water partition coefficient (Wildman–Crippen LogP) is 2.24. The van der Waals surface area contributed by atoms with Crippen molar-refractivity contribution in [2.75, 3.05) is 26.6 Å². The maximum atomic E-state index is 12.3.